The van der Waals surface area contributed by atoms with Gasteiger partial charge in [0.25, 0.3) is 0 Å². The Bertz CT molecular complexity index is 524. The maximum Gasteiger partial charge on any atom is 0.338 e. The highest BCUT2D eigenvalue weighted by atomic mass is 16.5. The lowest BCUT2D eigenvalue weighted by atomic mass is 10.0. The van der Waals surface area contributed by atoms with Crippen LogP contribution in [0.5, 0.6) is 0 Å². The molecule has 0 fully saturated rings. The average Bonchev–Trinajstić information content (AvgIpc) is 2.37. The van der Waals surface area contributed by atoms with Crippen LogP contribution in [-0.2, 0) is 11.3 Å². The van der Waals surface area contributed by atoms with Crippen LogP contribution in [-0.4, -0.2) is 5.97 Å². The first kappa shape index (κ1) is 12.4. The first-order valence-electron chi connectivity index (χ1n) is 5.96. The summed E-state index contributed by atoms with van der Waals surface area (Å²) in [7, 11) is 0. The molecule has 0 aliphatic carbocycles. The molecular formula is C16H16O2. The molecule has 0 N–H and O–H groups in total. The molecular weight excluding hydrogens is 224 g/mol. The van der Waals surface area contributed by atoms with Crippen LogP contribution < -0.4 is 0 Å². The molecule has 0 aliphatic heterocycles. The highest BCUT2D eigenvalue weighted by Gasteiger charge is 2.13. The van der Waals surface area contributed by atoms with Crippen LogP contribution in [0.25, 0.3) is 0 Å². The molecule has 0 saturated heterocycles. The van der Waals surface area contributed by atoms with Crippen molar-refractivity contribution in [1.82, 2.24) is 0 Å². The van der Waals surface area contributed by atoms with Crippen molar-refractivity contribution < 1.29 is 9.53 Å². The minimum Gasteiger partial charge on any atom is -0.457 e. The van der Waals surface area contributed by atoms with Gasteiger partial charge in [-0.2, -0.15) is 0 Å². The third-order valence-corrected chi connectivity index (χ3v) is 2.90. The van der Waals surface area contributed by atoms with Crippen LogP contribution in [0.15, 0.2) is 48.5 Å². The van der Waals surface area contributed by atoms with Gasteiger partial charge in [-0.25, -0.2) is 4.79 Å². The number of benzene rings is 2. The smallest absolute Gasteiger partial charge is 0.338 e. The Balaban J connectivity index is 2.09. The van der Waals surface area contributed by atoms with E-state index in [2.05, 4.69) is 0 Å². The third kappa shape index (κ3) is 2.77. The summed E-state index contributed by atoms with van der Waals surface area (Å²) in [6.07, 6.45) is 0. The molecule has 0 radical (unpaired) electrons. The van der Waals surface area contributed by atoms with Crippen molar-refractivity contribution in [2.75, 3.05) is 0 Å². The van der Waals surface area contributed by atoms with E-state index in [-0.39, 0.29) is 5.97 Å². The van der Waals surface area contributed by atoms with E-state index in [1.807, 2.05) is 62.4 Å². The molecule has 2 nitrogen and oxygen atoms in total. The van der Waals surface area contributed by atoms with Gasteiger partial charge in [-0.15, -0.1) is 0 Å². The third-order valence-electron chi connectivity index (χ3n) is 2.90. The number of esters is 1. The van der Waals surface area contributed by atoms with Gasteiger partial charge in [0.05, 0.1) is 5.56 Å². The van der Waals surface area contributed by atoms with E-state index in [4.69, 9.17) is 4.74 Å². The fourth-order valence-corrected chi connectivity index (χ4v) is 1.93. The van der Waals surface area contributed by atoms with E-state index in [0.29, 0.717) is 12.2 Å². The van der Waals surface area contributed by atoms with Crippen molar-refractivity contribution in [3.8, 4) is 0 Å². The molecule has 92 valence electrons. The number of hydrogen-bond donors (Lipinski definition) is 0. The van der Waals surface area contributed by atoms with Gasteiger partial charge in [-0.3, -0.25) is 0 Å². The van der Waals surface area contributed by atoms with Crippen LogP contribution in [0.3, 0.4) is 0 Å². The highest BCUT2D eigenvalue weighted by molar-refractivity contribution is 5.92. The van der Waals surface area contributed by atoms with E-state index in [9.17, 15) is 4.79 Å². The van der Waals surface area contributed by atoms with E-state index in [1.54, 1.807) is 0 Å². The molecule has 0 aromatic heterocycles. The van der Waals surface area contributed by atoms with Crippen LogP contribution in [0.4, 0.5) is 0 Å². The predicted octanol–water partition coefficient (Wildman–Crippen LogP) is 3.66. The maximum absolute atomic E-state index is 12.0. The van der Waals surface area contributed by atoms with Gasteiger partial charge in [0.1, 0.15) is 6.61 Å². The average molecular weight is 240 g/mol. The molecule has 2 heteroatoms. The summed E-state index contributed by atoms with van der Waals surface area (Å²) in [6.45, 7) is 4.16. The lowest BCUT2D eigenvalue weighted by Gasteiger charge is -2.09. The van der Waals surface area contributed by atoms with Gasteiger partial charge in [-0.1, -0.05) is 48.5 Å². The van der Waals surface area contributed by atoms with Crippen molar-refractivity contribution in [2.45, 2.75) is 20.5 Å². The molecule has 0 unspecified atom stereocenters. The Kier molecular flexibility index (Phi) is 3.78. The lowest BCUT2D eigenvalue weighted by molar-refractivity contribution is 0.0471. The van der Waals surface area contributed by atoms with Crippen molar-refractivity contribution >= 4 is 5.97 Å². The zero-order chi connectivity index (χ0) is 13.0. The van der Waals surface area contributed by atoms with Crippen molar-refractivity contribution in [3.63, 3.8) is 0 Å². The summed E-state index contributed by atoms with van der Waals surface area (Å²) in [4.78, 5) is 12.0. The number of rotatable bonds is 3. The van der Waals surface area contributed by atoms with Crippen LogP contribution in [0.2, 0.25) is 0 Å². The molecule has 0 spiro atoms. The quantitative estimate of drug-likeness (QED) is 0.765. The van der Waals surface area contributed by atoms with Gasteiger partial charge in [0.15, 0.2) is 0 Å². The first-order valence-corrected chi connectivity index (χ1v) is 5.96. The molecule has 0 bridgehead atoms. The highest BCUT2D eigenvalue weighted by Crippen LogP contribution is 2.15. The normalized spacial score (nSPS) is 10.1. The zero-order valence-corrected chi connectivity index (χ0v) is 10.6. The SMILES string of the molecule is Cc1cccc(C)c1C(=O)OCc1ccccc1. The second-order valence-corrected chi connectivity index (χ2v) is 4.33. The Labute approximate surface area is 107 Å². The fourth-order valence-electron chi connectivity index (χ4n) is 1.93. The molecule has 0 amide bonds. The molecule has 0 saturated carbocycles. The summed E-state index contributed by atoms with van der Waals surface area (Å²) >= 11 is 0. The van der Waals surface area contributed by atoms with Gasteiger partial charge >= 0.3 is 5.97 Å². The minimum absolute atomic E-state index is 0.255. The number of ether oxygens (including phenoxy) is 1. The van der Waals surface area contributed by atoms with Crippen molar-refractivity contribution in [3.05, 3.63) is 70.8 Å². The molecule has 2 aromatic carbocycles. The van der Waals surface area contributed by atoms with Crippen molar-refractivity contribution in [2.24, 2.45) is 0 Å². The van der Waals surface area contributed by atoms with Gasteiger partial charge in [-0.05, 0) is 30.5 Å². The zero-order valence-electron chi connectivity index (χ0n) is 10.6. The molecule has 18 heavy (non-hydrogen) atoms. The first-order chi connectivity index (χ1) is 8.68. The lowest BCUT2D eigenvalue weighted by Crippen LogP contribution is -2.09. The largest absolute Gasteiger partial charge is 0.457 e. The Hall–Kier alpha value is -2.09. The Morgan fingerprint density at radius 3 is 2.17 bits per heavy atom. The molecule has 0 atom stereocenters. The predicted molar refractivity (Wildman–Crippen MR) is 71.5 cm³/mol. The van der Waals surface area contributed by atoms with E-state index < -0.39 is 0 Å². The number of carbonyl (C=O) groups is 1. The second-order valence-electron chi connectivity index (χ2n) is 4.33. The van der Waals surface area contributed by atoms with E-state index in [1.165, 1.54) is 0 Å². The van der Waals surface area contributed by atoms with Crippen LogP contribution in [0, 0.1) is 13.8 Å². The second kappa shape index (κ2) is 5.50. The summed E-state index contributed by atoms with van der Waals surface area (Å²) < 4.78 is 5.34. The standard InChI is InChI=1S/C16H16O2/c1-12-7-6-8-13(2)15(12)16(17)18-11-14-9-4-3-5-10-14/h3-10H,11H2,1-2H3. The van der Waals surface area contributed by atoms with Crippen molar-refractivity contribution in [1.29, 1.82) is 0 Å². The Morgan fingerprint density at radius 2 is 1.56 bits per heavy atom. The summed E-state index contributed by atoms with van der Waals surface area (Å²) in [5.41, 5.74) is 3.58. The fraction of sp³-hybridized carbons (Fsp3) is 0.188. The molecule has 2 rings (SSSR count). The molecule has 2 aromatic rings. The number of carbonyl (C=O) groups excluding carboxylic acids is 1. The van der Waals surface area contributed by atoms with Gasteiger partial charge < -0.3 is 4.74 Å². The van der Waals surface area contributed by atoms with E-state index >= 15 is 0 Å². The van der Waals surface area contributed by atoms with Gasteiger partial charge in [0, 0.05) is 0 Å². The Morgan fingerprint density at radius 1 is 0.944 bits per heavy atom. The molecule has 0 heterocycles. The monoisotopic (exact) mass is 240 g/mol. The minimum atomic E-state index is -0.255. The number of hydrogen-bond acceptors (Lipinski definition) is 2. The summed E-state index contributed by atoms with van der Waals surface area (Å²) in [5, 5.41) is 0. The summed E-state index contributed by atoms with van der Waals surface area (Å²) in [6, 6.07) is 15.5. The van der Waals surface area contributed by atoms with Crippen LogP contribution in [0.1, 0.15) is 27.0 Å². The summed E-state index contributed by atoms with van der Waals surface area (Å²) in [5.74, 6) is -0.255. The van der Waals surface area contributed by atoms with Gasteiger partial charge in [0.2, 0.25) is 0 Å². The maximum atomic E-state index is 12.0. The van der Waals surface area contributed by atoms with Crippen LogP contribution >= 0.6 is 0 Å². The topological polar surface area (TPSA) is 26.3 Å². The molecule has 0 aliphatic rings. The number of aryl methyl sites for hydroxylation is 2. The van der Waals surface area contributed by atoms with E-state index in [0.717, 1.165) is 16.7 Å².